The summed E-state index contributed by atoms with van der Waals surface area (Å²) in [4.78, 5) is 25.9. The van der Waals surface area contributed by atoms with Crippen molar-refractivity contribution in [2.45, 2.75) is 13.3 Å². The van der Waals surface area contributed by atoms with Crippen LogP contribution in [0.3, 0.4) is 0 Å². The fourth-order valence-electron chi connectivity index (χ4n) is 2.66. The van der Waals surface area contributed by atoms with Crippen LogP contribution in [0, 0.1) is 24.5 Å². The summed E-state index contributed by atoms with van der Waals surface area (Å²) in [6.07, 6.45) is 0.0581. The summed E-state index contributed by atoms with van der Waals surface area (Å²) in [5.41, 5.74) is 1.41. The highest BCUT2D eigenvalue weighted by molar-refractivity contribution is 6.03. The third-order valence-electron chi connectivity index (χ3n) is 4.07. The van der Waals surface area contributed by atoms with Gasteiger partial charge >= 0.3 is 0 Å². The maximum absolute atomic E-state index is 13.7. The van der Waals surface area contributed by atoms with E-state index in [1.807, 2.05) is 0 Å². The van der Waals surface area contributed by atoms with Gasteiger partial charge < -0.3 is 10.2 Å². The number of carbonyl (C=O) groups is 2. The number of nitrogens with zero attached hydrogens (tertiary/aromatic N) is 1. The fourth-order valence-corrected chi connectivity index (χ4v) is 2.66. The van der Waals surface area contributed by atoms with Gasteiger partial charge in [-0.3, -0.25) is 9.59 Å². The molecular weight excluding hydrogens is 314 g/mol. The summed E-state index contributed by atoms with van der Waals surface area (Å²) in [7, 11) is 0. The molecule has 1 saturated heterocycles. The SMILES string of the molecule is Cc1ccc(N2CC(C(=O)Nc3ccc(F)cc3)CC2=O)cc1F. The average molecular weight is 330 g/mol. The van der Waals surface area contributed by atoms with E-state index in [1.165, 1.54) is 35.2 Å². The van der Waals surface area contributed by atoms with Crippen LogP contribution in [-0.2, 0) is 9.59 Å². The quantitative estimate of drug-likeness (QED) is 0.939. The molecule has 1 fully saturated rings. The second-order valence-corrected chi connectivity index (χ2v) is 5.84. The van der Waals surface area contributed by atoms with E-state index in [4.69, 9.17) is 0 Å². The number of amides is 2. The number of anilines is 2. The van der Waals surface area contributed by atoms with E-state index in [-0.39, 0.29) is 30.6 Å². The van der Waals surface area contributed by atoms with Gasteiger partial charge in [-0.25, -0.2) is 8.78 Å². The lowest BCUT2D eigenvalue weighted by Gasteiger charge is -2.17. The Morgan fingerprint density at radius 1 is 1.17 bits per heavy atom. The molecule has 4 nitrogen and oxygen atoms in total. The zero-order valence-electron chi connectivity index (χ0n) is 13.1. The highest BCUT2D eigenvalue weighted by Crippen LogP contribution is 2.27. The van der Waals surface area contributed by atoms with E-state index in [0.29, 0.717) is 16.9 Å². The first-order valence-electron chi connectivity index (χ1n) is 7.57. The lowest BCUT2D eigenvalue weighted by molar-refractivity contribution is -0.122. The average Bonchev–Trinajstić information content (AvgIpc) is 2.94. The zero-order chi connectivity index (χ0) is 17.3. The van der Waals surface area contributed by atoms with Gasteiger partial charge in [-0.05, 0) is 48.9 Å². The van der Waals surface area contributed by atoms with Crippen LogP contribution >= 0.6 is 0 Å². The summed E-state index contributed by atoms with van der Waals surface area (Å²) < 4.78 is 26.6. The van der Waals surface area contributed by atoms with Crippen molar-refractivity contribution in [2.24, 2.45) is 5.92 Å². The predicted molar refractivity (Wildman–Crippen MR) is 86.6 cm³/mol. The van der Waals surface area contributed by atoms with E-state index in [0.717, 1.165) is 0 Å². The molecule has 0 saturated carbocycles. The number of hydrogen-bond donors (Lipinski definition) is 1. The van der Waals surface area contributed by atoms with Gasteiger partial charge in [-0.2, -0.15) is 0 Å². The van der Waals surface area contributed by atoms with Gasteiger partial charge in [-0.15, -0.1) is 0 Å². The monoisotopic (exact) mass is 330 g/mol. The standard InChI is InChI=1S/C18H16F2N2O2/c1-11-2-7-15(9-16(11)20)22-10-12(8-17(22)23)18(24)21-14-5-3-13(19)4-6-14/h2-7,9,12H,8,10H2,1H3,(H,21,24). The van der Waals surface area contributed by atoms with Gasteiger partial charge in [0.05, 0.1) is 5.92 Å². The lowest BCUT2D eigenvalue weighted by atomic mass is 10.1. The third kappa shape index (κ3) is 3.27. The van der Waals surface area contributed by atoms with Crippen LogP contribution in [-0.4, -0.2) is 18.4 Å². The van der Waals surface area contributed by atoms with Crippen LogP contribution in [0.15, 0.2) is 42.5 Å². The number of aryl methyl sites for hydroxylation is 1. The van der Waals surface area contributed by atoms with Gasteiger partial charge in [0, 0.05) is 24.3 Å². The Balaban J connectivity index is 1.70. The molecule has 0 aromatic heterocycles. The van der Waals surface area contributed by atoms with Crippen LogP contribution in [0.25, 0.3) is 0 Å². The summed E-state index contributed by atoms with van der Waals surface area (Å²) >= 11 is 0. The van der Waals surface area contributed by atoms with Gasteiger partial charge in [0.25, 0.3) is 0 Å². The molecule has 1 heterocycles. The molecule has 1 atom stereocenters. The molecule has 0 radical (unpaired) electrons. The fraction of sp³-hybridized carbons (Fsp3) is 0.222. The summed E-state index contributed by atoms with van der Waals surface area (Å²) in [5.74, 6) is -1.86. The molecule has 3 rings (SSSR count). The van der Waals surface area contributed by atoms with Crippen molar-refractivity contribution in [3.63, 3.8) is 0 Å². The molecule has 2 amide bonds. The Morgan fingerprint density at radius 3 is 2.54 bits per heavy atom. The van der Waals surface area contributed by atoms with Crippen LogP contribution in [0.4, 0.5) is 20.2 Å². The number of hydrogen-bond acceptors (Lipinski definition) is 2. The number of nitrogens with one attached hydrogen (secondary N) is 1. The van der Waals surface area contributed by atoms with Gasteiger partial charge in [0.1, 0.15) is 11.6 Å². The topological polar surface area (TPSA) is 49.4 Å². The van der Waals surface area contributed by atoms with Crippen molar-refractivity contribution in [1.82, 2.24) is 0 Å². The Bertz CT molecular complexity index is 790. The predicted octanol–water partition coefficient (Wildman–Crippen LogP) is 3.26. The Kier molecular flexibility index (Phi) is 4.29. The maximum atomic E-state index is 13.7. The first-order valence-corrected chi connectivity index (χ1v) is 7.57. The van der Waals surface area contributed by atoms with E-state index in [2.05, 4.69) is 5.32 Å². The van der Waals surface area contributed by atoms with Crippen LogP contribution < -0.4 is 10.2 Å². The van der Waals surface area contributed by atoms with Gasteiger partial charge in [-0.1, -0.05) is 6.07 Å². The third-order valence-corrected chi connectivity index (χ3v) is 4.07. The molecule has 2 aromatic carbocycles. The first-order chi connectivity index (χ1) is 11.4. The Hall–Kier alpha value is -2.76. The summed E-state index contributed by atoms with van der Waals surface area (Å²) in [5, 5.41) is 2.67. The van der Waals surface area contributed by atoms with Crippen LogP contribution in [0.1, 0.15) is 12.0 Å². The second-order valence-electron chi connectivity index (χ2n) is 5.84. The van der Waals surface area contributed by atoms with Crippen molar-refractivity contribution in [1.29, 1.82) is 0 Å². The molecule has 0 spiro atoms. The minimum Gasteiger partial charge on any atom is -0.326 e. The molecule has 1 N–H and O–H groups in total. The highest BCUT2D eigenvalue weighted by Gasteiger charge is 2.35. The Morgan fingerprint density at radius 2 is 1.88 bits per heavy atom. The van der Waals surface area contributed by atoms with Crippen molar-refractivity contribution in [2.75, 3.05) is 16.8 Å². The molecule has 0 bridgehead atoms. The largest absolute Gasteiger partial charge is 0.326 e. The molecule has 6 heteroatoms. The van der Waals surface area contributed by atoms with E-state index < -0.39 is 11.7 Å². The maximum Gasteiger partial charge on any atom is 0.229 e. The van der Waals surface area contributed by atoms with E-state index in [9.17, 15) is 18.4 Å². The van der Waals surface area contributed by atoms with Crippen molar-refractivity contribution in [3.8, 4) is 0 Å². The number of benzene rings is 2. The minimum absolute atomic E-state index is 0.0581. The lowest BCUT2D eigenvalue weighted by Crippen LogP contribution is -2.28. The zero-order valence-corrected chi connectivity index (χ0v) is 13.1. The van der Waals surface area contributed by atoms with Crippen molar-refractivity contribution >= 4 is 23.2 Å². The summed E-state index contributed by atoms with van der Waals surface area (Å²) in [6.45, 7) is 1.83. The Labute approximate surface area is 138 Å². The molecule has 124 valence electrons. The molecule has 1 aliphatic rings. The highest BCUT2D eigenvalue weighted by atomic mass is 19.1. The van der Waals surface area contributed by atoms with E-state index in [1.54, 1.807) is 19.1 Å². The minimum atomic E-state index is -0.535. The molecule has 24 heavy (non-hydrogen) atoms. The van der Waals surface area contributed by atoms with Gasteiger partial charge in [0.15, 0.2) is 0 Å². The summed E-state index contributed by atoms with van der Waals surface area (Å²) in [6, 6.07) is 9.97. The van der Waals surface area contributed by atoms with Crippen molar-refractivity contribution < 1.29 is 18.4 Å². The molecule has 0 aliphatic carbocycles. The number of carbonyl (C=O) groups excluding carboxylic acids is 2. The van der Waals surface area contributed by atoms with Crippen molar-refractivity contribution in [3.05, 3.63) is 59.7 Å². The number of rotatable bonds is 3. The smallest absolute Gasteiger partial charge is 0.229 e. The van der Waals surface area contributed by atoms with Crippen LogP contribution in [0.5, 0.6) is 0 Å². The molecule has 1 aliphatic heterocycles. The first kappa shape index (κ1) is 16.1. The van der Waals surface area contributed by atoms with Crippen LogP contribution in [0.2, 0.25) is 0 Å². The van der Waals surface area contributed by atoms with Gasteiger partial charge in [0.2, 0.25) is 11.8 Å². The normalized spacial score (nSPS) is 17.2. The second kappa shape index (κ2) is 6.39. The number of halogens is 2. The van der Waals surface area contributed by atoms with E-state index >= 15 is 0 Å². The molecule has 1 unspecified atom stereocenters. The molecular formula is C18H16F2N2O2. The molecule has 2 aromatic rings.